The molecule has 0 bridgehead atoms. The van der Waals surface area contributed by atoms with Crippen LogP contribution in [0.5, 0.6) is 0 Å². The fraction of sp³-hybridized carbons (Fsp3) is 0.625. The van der Waals surface area contributed by atoms with Crippen LogP contribution in [-0.4, -0.2) is 5.11 Å². The lowest BCUT2D eigenvalue weighted by Gasteiger charge is -2.12. The Balaban J connectivity index is 2.22. The molecule has 1 N–H and O–H groups in total. The summed E-state index contributed by atoms with van der Waals surface area (Å²) in [4.78, 5) is 0. The van der Waals surface area contributed by atoms with Crippen molar-refractivity contribution >= 4 is 15.9 Å². The first-order valence-electron chi connectivity index (χ1n) is 7.28. The highest BCUT2D eigenvalue weighted by Gasteiger charge is 2.12. The van der Waals surface area contributed by atoms with Crippen molar-refractivity contribution in [2.75, 3.05) is 0 Å². The van der Waals surface area contributed by atoms with Crippen molar-refractivity contribution in [1.29, 1.82) is 0 Å². The molecule has 108 valence electrons. The molecule has 19 heavy (non-hydrogen) atoms. The van der Waals surface area contributed by atoms with Crippen LogP contribution in [0.3, 0.4) is 0 Å². The van der Waals surface area contributed by atoms with Crippen LogP contribution in [0.1, 0.15) is 70.0 Å². The van der Waals surface area contributed by atoms with Gasteiger partial charge in [-0.2, -0.15) is 0 Å². The standard InChI is InChI=1S/C16H24BrFO/c1-2-3-4-5-6-7-8-9-16(19)14-11-10-13(17)12-15(14)18/h10-12,16,19H,2-9H2,1H3. The molecule has 1 aromatic carbocycles. The summed E-state index contributed by atoms with van der Waals surface area (Å²) in [5.74, 6) is -0.329. The molecule has 1 unspecified atom stereocenters. The Bertz CT molecular complexity index is 368. The van der Waals surface area contributed by atoms with Gasteiger partial charge in [-0.3, -0.25) is 0 Å². The van der Waals surface area contributed by atoms with E-state index < -0.39 is 6.10 Å². The third-order valence-corrected chi connectivity index (χ3v) is 3.90. The Morgan fingerprint density at radius 1 is 1.11 bits per heavy atom. The van der Waals surface area contributed by atoms with Gasteiger partial charge in [-0.1, -0.05) is 73.9 Å². The second-order valence-electron chi connectivity index (χ2n) is 5.09. The summed E-state index contributed by atoms with van der Waals surface area (Å²) in [6, 6.07) is 4.83. The van der Waals surface area contributed by atoms with E-state index in [4.69, 9.17) is 0 Å². The van der Waals surface area contributed by atoms with E-state index in [9.17, 15) is 9.50 Å². The van der Waals surface area contributed by atoms with Crippen LogP contribution in [-0.2, 0) is 0 Å². The highest BCUT2D eigenvalue weighted by Crippen LogP contribution is 2.25. The molecule has 0 aliphatic rings. The van der Waals surface area contributed by atoms with Gasteiger partial charge in [0.15, 0.2) is 0 Å². The molecular formula is C16H24BrFO. The Morgan fingerprint density at radius 2 is 1.74 bits per heavy atom. The van der Waals surface area contributed by atoms with Crippen molar-refractivity contribution in [1.82, 2.24) is 0 Å². The molecule has 1 atom stereocenters. The van der Waals surface area contributed by atoms with E-state index in [1.807, 2.05) is 0 Å². The lowest BCUT2D eigenvalue weighted by Crippen LogP contribution is -2.00. The largest absolute Gasteiger partial charge is 0.388 e. The zero-order valence-electron chi connectivity index (χ0n) is 11.7. The van der Waals surface area contributed by atoms with Crippen LogP contribution in [0, 0.1) is 5.82 Å². The summed E-state index contributed by atoms with van der Waals surface area (Å²) in [5, 5.41) is 9.98. The minimum Gasteiger partial charge on any atom is -0.388 e. The highest BCUT2D eigenvalue weighted by atomic mass is 79.9. The van der Waals surface area contributed by atoms with Gasteiger partial charge in [0.2, 0.25) is 0 Å². The summed E-state index contributed by atoms with van der Waals surface area (Å²) in [6.07, 6.45) is 8.43. The fourth-order valence-electron chi connectivity index (χ4n) is 2.22. The molecule has 0 aliphatic carbocycles. The van der Waals surface area contributed by atoms with Crippen molar-refractivity contribution in [2.24, 2.45) is 0 Å². The maximum Gasteiger partial charge on any atom is 0.130 e. The van der Waals surface area contributed by atoms with Gasteiger partial charge in [0, 0.05) is 10.0 Å². The molecule has 1 aromatic rings. The van der Waals surface area contributed by atoms with E-state index in [2.05, 4.69) is 22.9 Å². The van der Waals surface area contributed by atoms with Crippen LogP contribution >= 0.6 is 15.9 Å². The molecule has 0 saturated carbocycles. The number of benzene rings is 1. The Kier molecular flexibility index (Phi) is 8.31. The summed E-state index contributed by atoms with van der Waals surface area (Å²) >= 11 is 3.22. The summed E-state index contributed by atoms with van der Waals surface area (Å²) < 4.78 is 14.3. The van der Waals surface area contributed by atoms with Crippen molar-refractivity contribution in [2.45, 2.75) is 64.4 Å². The summed E-state index contributed by atoms with van der Waals surface area (Å²) in [5.41, 5.74) is 0.411. The number of unbranched alkanes of at least 4 members (excludes halogenated alkanes) is 6. The molecule has 0 amide bonds. The predicted octanol–water partition coefficient (Wildman–Crippen LogP) is 5.76. The van der Waals surface area contributed by atoms with E-state index in [0.29, 0.717) is 16.5 Å². The SMILES string of the molecule is CCCCCCCCCC(O)c1ccc(Br)cc1F. The number of hydrogen-bond acceptors (Lipinski definition) is 1. The first-order chi connectivity index (χ1) is 9.15. The molecule has 1 nitrogen and oxygen atoms in total. The molecule has 0 radical (unpaired) electrons. The maximum atomic E-state index is 13.6. The zero-order valence-corrected chi connectivity index (χ0v) is 13.3. The molecule has 0 saturated heterocycles. The molecule has 0 aliphatic heterocycles. The summed E-state index contributed by atoms with van der Waals surface area (Å²) in [7, 11) is 0. The van der Waals surface area contributed by atoms with Gasteiger partial charge >= 0.3 is 0 Å². The lowest BCUT2D eigenvalue weighted by molar-refractivity contribution is 0.159. The number of aliphatic hydroxyl groups excluding tert-OH is 1. The van der Waals surface area contributed by atoms with E-state index in [1.54, 1.807) is 12.1 Å². The topological polar surface area (TPSA) is 20.2 Å². The number of rotatable bonds is 9. The second kappa shape index (κ2) is 9.49. The van der Waals surface area contributed by atoms with Crippen molar-refractivity contribution in [3.63, 3.8) is 0 Å². The molecule has 0 aromatic heterocycles. The van der Waals surface area contributed by atoms with Gasteiger partial charge in [-0.05, 0) is 18.6 Å². The average molecular weight is 331 g/mol. The van der Waals surface area contributed by atoms with E-state index in [0.717, 1.165) is 12.8 Å². The third-order valence-electron chi connectivity index (χ3n) is 3.40. The molecule has 0 spiro atoms. The smallest absolute Gasteiger partial charge is 0.130 e. The van der Waals surface area contributed by atoms with Gasteiger partial charge in [0.05, 0.1) is 6.10 Å². The molecular weight excluding hydrogens is 307 g/mol. The van der Waals surface area contributed by atoms with Crippen LogP contribution < -0.4 is 0 Å². The first-order valence-corrected chi connectivity index (χ1v) is 8.07. The molecule has 0 heterocycles. The van der Waals surface area contributed by atoms with Crippen LogP contribution in [0.15, 0.2) is 22.7 Å². The molecule has 0 fully saturated rings. The monoisotopic (exact) mass is 330 g/mol. The predicted molar refractivity (Wildman–Crippen MR) is 81.7 cm³/mol. The third kappa shape index (κ3) is 6.53. The van der Waals surface area contributed by atoms with Gasteiger partial charge < -0.3 is 5.11 Å². The van der Waals surface area contributed by atoms with Crippen molar-refractivity contribution < 1.29 is 9.50 Å². The number of halogens is 2. The number of aliphatic hydroxyl groups is 1. The van der Waals surface area contributed by atoms with E-state index in [1.165, 1.54) is 38.2 Å². The van der Waals surface area contributed by atoms with Gasteiger partial charge in [-0.25, -0.2) is 4.39 Å². The number of hydrogen-bond donors (Lipinski definition) is 1. The van der Waals surface area contributed by atoms with Gasteiger partial charge in [0.1, 0.15) is 5.82 Å². The van der Waals surface area contributed by atoms with Gasteiger partial charge in [-0.15, -0.1) is 0 Å². The average Bonchev–Trinajstić information content (AvgIpc) is 2.37. The second-order valence-corrected chi connectivity index (χ2v) is 6.01. The highest BCUT2D eigenvalue weighted by molar-refractivity contribution is 9.10. The zero-order chi connectivity index (χ0) is 14.1. The van der Waals surface area contributed by atoms with Crippen molar-refractivity contribution in [3.05, 3.63) is 34.1 Å². The van der Waals surface area contributed by atoms with E-state index >= 15 is 0 Å². The Hall–Kier alpha value is -0.410. The normalized spacial score (nSPS) is 12.6. The summed E-state index contributed by atoms with van der Waals surface area (Å²) in [6.45, 7) is 2.21. The van der Waals surface area contributed by atoms with Crippen LogP contribution in [0.4, 0.5) is 4.39 Å². The van der Waals surface area contributed by atoms with Crippen LogP contribution in [0.25, 0.3) is 0 Å². The maximum absolute atomic E-state index is 13.6. The lowest BCUT2D eigenvalue weighted by atomic mass is 10.0. The van der Waals surface area contributed by atoms with Crippen LogP contribution in [0.2, 0.25) is 0 Å². The van der Waals surface area contributed by atoms with Gasteiger partial charge in [0.25, 0.3) is 0 Å². The quantitative estimate of drug-likeness (QED) is 0.570. The minimum absolute atomic E-state index is 0.329. The van der Waals surface area contributed by atoms with E-state index in [-0.39, 0.29) is 5.82 Å². The first kappa shape index (κ1) is 16.6. The molecule has 3 heteroatoms. The minimum atomic E-state index is -0.677. The molecule has 1 rings (SSSR count). The Labute approximate surface area is 124 Å². The fourth-order valence-corrected chi connectivity index (χ4v) is 2.56. The Morgan fingerprint density at radius 3 is 2.37 bits per heavy atom. The van der Waals surface area contributed by atoms with Crippen molar-refractivity contribution in [3.8, 4) is 0 Å².